The van der Waals surface area contributed by atoms with E-state index in [1.165, 1.54) is 0 Å². The lowest BCUT2D eigenvalue weighted by Crippen LogP contribution is -2.18. The number of nitrogens with two attached hydrogens (primary N) is 1. The first kappa shape index (κ1) is 14.7. The summed E-state index contributed by atoms with van der Waals surface area (Å²) in [4.78, 5) is 11.8. The smallest absolute Gasteiger partial charge is 0.254 e. The summed E-state index contributed by atoms with van der Waals surface area (Å²) < 4.78 is 11.1. The summed E-state index contributed by atoms with van der Waals surface area (Å²) in [5.74, 6) is 1.56. The van der Waals surface area contributed by atoms with Crippen molar-refractivity contribution in [1.82, 2.24) is 5.32 Å². The Bertz CT molecular complexity index is 624. The second-order valence-electron chi connectivity index (χ2n) is 4.34. The molecule has 0 spiro atoms. The highest BCUT2D eigenvalue weighted by Gasteiger charge is 2.12. The van der Waals surface area contributed by atoms with E-state index in [9.17, 15) is 4.79 Å². The minimum Gasteiger partial charge on any atom is -0.494 e. The van der Waals surface area contributed by atoms with Crippen LogP contribution < -0.4 is 20.5 Å². The highest BCUT2D eigenvalue weighted by Crippen LogP contribution is 2.28. The molecular formula is C16H18N2O3. The molecule has 0 heterocycles. The van der Waals surface area contributed by atoms with Crippen LogP contribution in [-0.2, 0) is 0 Å². The number of hydrogen-bond acceptors (Lipinski definition) is 4. The maximum Gasteiger partial charge on any atom is 0.254 e. The van der Waals surface area contributed by atoms with Gasteiger partial charge in [0.1, 0.15) is 17.2 Å². The first-order valence-electron chi connectivity index (χ1n) is 6.66. The number of anilines is 1. The fraction of sp³-hybridized carbons (Fsp3) is 0.188. The van der Waals surface area contributed by atoms with E-state index in [4.69, 9.17) is 15.2 Å². The molecule has 3 N–H and O–H groups in total. The molecule has 2 aromatic rings. The summed E-state index contributed by atoms with van der Waals surface area (Å²) in [5, 5.41) is 2.57. The molecule has 5 nitrogen and oxygen atoms in total. The Kier molecular flexibility index (Phi) is 4.66. The zero-order chi connectivity index (χ0) is 15.2. The third-order valence-electron chi connectivity index (χ3n) is 2.84. The van der Waals surface area contributed by atoms with Gasteiger partial charge in [0.25, 0.3) is 5.91 Å². The average Bonchev–Trinajstić information content (AvgIpc) is 2.49. The molecule has 0 unspecified atom stereocenters. The zero-order valence-electron chi connectivity index (χ0n) is 12.1. The largest absolute Gasteiger partial charge is 0.494 e. The van der Waals surface area contributed by atoms with Gasteiger partial charge in [-0.3, -0.25) is 4.79 Å². The van der Waals surface area contributed by atoms with Crippen molar-refractivity contribution in [2.75, 3.05) is 19.4 Å². The van der Waals surface area contributed by atoms with E-state index in [1.807, 2.05) is 19.1 Å². The van der Waals surface area contributed by atoms with Crippen LogP contribution in [-0.4, -0.2) is 19.6 Å². The van der Waals surface area contributed by atoms with E-state index in [0.717, 1.165) is 5.75 Å². The molecule has 0 aliphatic carbocycles. The van der Waals surface area contributed by atoms with Crippen molar-refractivity contribution < 1.29 is 14.3 Å². The van der Waals surface area contributed by atoms with E-state index in [-0.39, 0.29) is 5.91 Å². The summed E-state index contributed by atoms with van der Waals surface area (Å²) in [7, 11) is 1.57. The molecule has 2 aromatic carbocycles. The SMILES string of the molecule is CCOc1ccc(Oc2cc(N)ccc2C(=O)NC)cc1. The van der Waals surface area contributed by atoms with E-state index >= 15 is 0 Å². The van der Waals surface area contributed by atoms with E-state index in [0.29, 0.717) is 29.4 Å². The second kappa shape index (κ2) is 6.65. The maximum atomic E-state index is 11.8. The maximum absolute atomic E-state index is 11.8. The third-order valence-corrected chi connectivity index (χ3v) is 2.84. The predicted octanol–water partition coefficient (Wildman–Crippen LogP) is 2.82. The quantitative estimate of drug-likeness (QED) is 0.829. The van der Waals surface area contributed by atoms with Crippen LogP contribution in [0.25, 0.3) is 0 Å². The van der Waals surface area contributed by atoms with Crippen molar-refractivity contribution in [3.8, 4) is 17.2 Å². The number of nitrogen functional groups attached to an aromatic ring is 1. The van der Waals surface area contributed by atoms with E-state index < -0.39 is 0 Å². The van der Waals surface area contributed by atoms with Crippen LogP contribution in [0.4, 0.5) is 5.69 Å². The Morgan fingerprint density at radius 1 is 1.14 bits per heavy atom. The molecule has 0 saturated heterocycles. The van der Waals surface area contributed by atoms with Gasteiger partial charge in [-0.05, 0) is 43.3 Å². The number of carbonyl (C=O) groups is 1. The number of amides is 1. The number of carbonyl (C=O) groups excluding carboxylic acids is 1. The van der Waals surface area contributed by atoms with Gasteiger partial charge < -0.3 is 20.5 Å². The summed E-state index contributed by atoms with van der Waals surface area (Å²) in [6.45, 7) is 2.53. The van der Waals surface area contributed by atoms with E-state index in [2.05, 4.69) is 5.32 Å². The van der Waals surface area contributed by atoms with Crippen LogP contribution in [0.1, 0.15) is 17.3 Å². The molecule has 1 amide bonds. The second-order valence-corrected chi connectivity index (χ2v) is 4.34. The minimum atomic E-state index is -0.226. The predicted molar refractivity (Wildman–Crippen MR) is 81.9 cm³/mol. The molecule has 2 rings (SSSR count). The summed E-state index contributed by atoms with van der Waals surface area (Å²) >= 11 is 0. The molecule has 0 aromatic heterocycles. The Labute approximate surface area is 123 Å². The van der Waals surface area contributed by atoms with Gasteiger partial charge in [-0.1, -0.05) is 0 Å². The van der Waals surface area contributed by atoms with E-state index in [1.54, 1.807) is 37.4 Å². The van der Waals surface area contributed by atoms with Gasteiger partial charge in [0.05, 0.1) is 12.2 Å². The lowest BCUT2D eigenvalue weighted by molar-refractivity contribution is 0.0961. The van der Waals surface area contributed by atoms with Gasteiger partial charge in [-0.2, -0.15) is 0 Å². The molecule has 5 heteroatoms. The number of ether oxygens (including phenoxy) is 2. The molecular weight excluding hydrogens is 268 g/mol. The first-order valence-corrected chi connectivity index (χ1v) is 6.66. The van der Waals surface area contributed by atoms with Crippen LogP contribution in [0, 0.1) is 0 Å². The van der Waals surface area contributed by atoms with Gasteiger partial charge in [-0.25, -0.2) is 0 Å². The van der Waals surface area contributed by atoms with Crippen molar-refractivity contribution in [2.45, 2.75) is 6.92 Å². The van der Waals surface area contributed by atoms with Gasteiger partial charge in [0.15, 0.2) is 0 Å². The fourth-order valence-corrected chi connectivity index (χ4v) is 1.84. The minimum absolute atomic E-state index is 0.226. The molecule has 0 bridgehead atoms. The molecule has 0 aliphatic heterocycles. The molecule has 0 aliphatic rings. The molecule has 0 radical (unpaired) electrons. The summed E-state index contributed by atoms with van der Waals surface area (Å²) in [6, 6.07) is 12.1. The van der Waals surface area contributed by atoms with Gasteiger partial charge in [0, 0.05) is 18.8 Å². The summed E-state index contributed by atoms with van der Waals surface area (Å²) in [6.07, 6.45) is 0. The number of benzene rings is 2. The number of rotatable bonds is 5. The fourth-order valence-electron chi connectivity index (χ4n) is 1.84. The van der Waals surface area contributed by atoms with Gasteiger partial charge in [0.2, 0.25) is 0 Å². The van der Waals surface area contributed by atoms with Crippen LogP contribution in [0.5, 0.6) is 17.2 Å². The van der Waals surface area contributed by atoms with Crippen molar-refractivity contribution in [1.29, 1.82) is 0 Å². The number of nitrogens with one attached hydrogen (secondary N) is 1. The molecule has 0 saturated carbocycles. The van der Waals surface area contributed by atoms with Crippen molar-refractivity contribution in [3.05, 3.63) is 48.0 Å². The standard InChI is InChI=1S/C16H18N2O3/c1-3-20-12-5-7-13(8-6-12)21-15-10-11(17)4-9-14(15)16(19)18-2/h4-10H,3,17H2,1-2H3,(H,18,19). The van der Waals surface area contributed by atoms with Crippen molar-refractivity contribution in [3.63, 3.8) is 0 Å². The molecule has 0 fully saturated rings. The van der Waals surface area contributed by atoms with Crippen molar-refractivity contribution >= 4 is 11.6 Å². The molecule has 110 valence electrons. The Morgan fingerprint density at radius 3 is 2.43 bits per heavy atom. The topological polar surface area (TPSA) is 73.6 Å². The van der Waals surface area contributed by atoms with Crippen LogP contribution in [0.15, 0.2) is 42.5 Å². The highest BCUT2D eigenvalue weighted by atomic mass is 16.5. The zero-order valence-corrected chi connectivity index (χ0v) is 12.1. The highest BCUT2D eigenvalue weighted by molar-refractivity contribution is 5.97. The molecule has 21 heavy (non-hydrogen) atoms. The van der Waals surface area contributed by atoms with Crippen molar-refractivity contribution in [2.24, 2.45) is 0 Å². The van der Waals surface area contributed by atoms with Crippen LogP contribution >= 0.6 is 0 Å². The third kappa shape index (κ3) is 3.66. The Hall–Kier alpha value is -2.69. The normalized spacial score (nSPS) is 10.0. The Morgan fingerprint density at radius 2 is 1.81 bits per heavy atom. The lowest BCUT2D eigenvalue weighted by Gasteiger charge is -2.11. The number of hydrogen-bond donors (Lipinski definition) is 2. The molecule has 0 atom stereocenters. The van der Waals surface area contributed by atoms with Crippen LogP contribution in [0.2, 0.25) is 0 Å². The van der Waals surface area contributed by atoms with Crippen LogP contribution in [0.3, 0.4) is 0 Å². The Balaban J connectivity index is 2.25. The van der Waals surface area contributed by atoms with Gasteiger partial charge in [-0.15, -0.1) is 0 Å². The average molecular weight is 286 g/mol. The summed E-state index contributed by atoms with van der Waals surface area (Å²) in [5.41, 5.74) is 6.72. The lowest BCUT2D eigenvalue weighted by atomic mass is 10.1. The monoisotopic (exact) mass is 286 g/mol. The van der Waals surface area contributed by atoms with Gasteiger partial charge >= 0.3 is 0 Å². The first-order chi connectivity index (χ1) is 10.1.